The molecule has 1 N–H and O–H groups in total. The Morgan fingerprint density at radius 3 is 2.56 bits per heavy atom. The fourth-order valence-corrected chi connectivity index (χ4v) is 8.59. The van der Waals surface area contributed by atoms with Crippen molar-refractivity contribution in [3.05, 3.63) is 53.1 Å². The van der Waals surface area contributed by atoms with Gasteiger partial charge in [-0.2, -0.15) is 0 Å². The van der Waals surface area contributed by atoms with Crippen LogP contribution in [-0.2, 0) is 39.3 Å². The van der Waals surface area contributed by atoms with Crippen molar-refractivity contribution in [3.63, 3.8) is 0 Å². The van der Waals surface area contributed by atoms with Crippen molar-refractivity contribution in [2.75, 3.05) is 22.4 Å². The second-order valence-electron chi connectivity index (χ2n) is 9.23. The molecule has 0 aliphatic carbocycles. The molecule has 0 radical (unpaired) electrons. The summed E-state index contributed by atoms with van der Waals surface area (Å²) in [6.07, 6.45) is 3.75. The average Bonchev–Trinajstić information content (AvgIpc) is 3.19. The second kappa shape index (κ2) is 9.87. The number of aliphatic hydroxyl groups excluding tert-OH is 1. The highest BCUT2D eigenvalue weighted by Crippen LogP contribution is 2.38. The van der Waals surface area contributed by atoms with Gasteiger partial charge < -0.3 is 9.84 Å². The minimum absolute atomic E-state index is 0.0943. The lowest BCUT2D eigenvalue weighted by atomic mass is 9.94. The highest BCUT2D eigenvalue weighted by molar-refractivity contribution is 7.93. The molecule has 0 aromatic heterocycles. The molecule has 0 bridgehead atoms. The Morgan fingerprint density at radius 1 is 1.12 bits per heavy atom. The van der Waals surface area contributed by atoms with Gasteiger partial charge in [0.1, 0.15) is 5.75 Å². The summed E-state index contributed by atoms with van der Waals surface area (Å²) in [4.78, 5) is 0.109. The first-order chi connectivity index (χ1) is 16.2. The van der Waals surface area contributed by atoms with E-state index in [9.17, 15) is 21.9 Å². The van der Waals surface area contributed by atoms with Crippen molar-refractivity contribution in [3.8, 4) is 5.75 Å². The van der Waals surface area contributed by atoms with Gasteiger partial charge in [0.2, 0.25) is 0 Å². The molecule has 2 heterocycles. The highest BCUT2D eigenvalue weighted by atomic mass is 32.2. The average molecular weight is 508 g/mol. The van der Waals surface area contributed by atoms with Gasteiger partial charge >= 0.3 is 0 Å². The number of anilines is 1. The number of sulfonamides is 1. The van der Waals surface area contributed by atoms with Crippen molar-refractivity contribution in [1.29, 1.82) is 0 Å². The first kappa shape index (κ1) is 25.0. The third-order valence-electron chi connectivity index (χ3n) is 6.90. The van der Waals surface area contributed by atoms with Crippen LogP contribution < -0.4 is 9.04 Å². The largest absolute Gasteiger partial charge is 0.493 e. The molecule has 1 fully saturated rings. The standard InChI is InChI=1S/C25H33NO6S2/c1-3-18-5-9-24-20(13-18)6-7-22(4-2)26(24)34(30,31)23-8-10-25(21(14-23)15-27)32-16-19-11-12-33(28,29)17-19/h5,8-10,13-14,19,22,27H,3-4,6-7,11-12,15-17H2,1-2H3/t19?,22-/m1/s1. The van der Waals surface area contributed by atoms with E-state index in [1.54, 1.807) is 10.4 Å². The Kier molecular flexibility index (Phi) is 7.26. The van der Waals surface area contributed by atoms with Crippen molar-refractivity contribution in [1.82, 2.24) is 0 Å². The quantitative estimate of drug-likeness (QED) is 0.587. The normalized spacial score (nSPS) is 21.9. The summed E-state index contributed by atoms with van der Waals surface area (Å²) in [6, 6.07) is 10.4. The summed E-state index contributed by atoms with van der Waals surface area (Å²) >= 11 is 0. The van der Waals surface area contributed by atoms with Gasteiger partial charge in [-0.1, -0.05) is 26.0 Å². The van der Waals surface area contributed by atoms with E-state index in [0.717, 1.165) is 30.5 Å². The van der Waals surface area contributed by atoms with Gasteiger partial charge in [0.15, 0.2) is 9.84 Å². The monoisotopic (exact) mass is 507 g/mol. The molecule has 0 spiro atoms. The van der Waals surface area contributed by atoms with Crippen LogP contribution in [0, 0.1) is 5.92 Å². The summed E-state index contributed by atoms with van der Waals surface area (Å²) in [5.41, 5.74) is 3.32. The molecule has 2 atom stereocenters. The molecule has 0 saturated carbocycles. The molecular formula is C25H33NO6S2. The van der Waals surface area contributed by atoms with Crippen LogP contribution in [0.2, 0.25) is 0 Å². The summed E-state index contributed by atoms with van der Waals surface area (Å²) in [5.74, 6) is 0.550. The van der Waals surface area contributed by atoms with Crippen LogP contribution in [0.25, 0.3) is 0 Å². The zero-order chi connectivity index (χ0) is 24.5. The summed E-state index contributed by atoms with van der Waals surface area (Å²) in [5, 5.41) is 9.92. The van der Waals surface area contributed by atoms with Crippen LogP contribution >= 0.6 is 0 Å². The highest BCUT2D eigenvalue weighted by Gasteiger charge is 2.36. The Morgan fingerprint density at radius 2 is 1.91 bits per heavy atom. The van der Waals surface area contributed by atoms with E-state index in [-0.39, 0.29) is 41.6 Å². The Bertz CT molecular complexity index is 1260. The SMILES string of the molecule is CCc1ccc2c(c1)CC[C@@H](CC)N2S(=O)(=O)c1ccc(OCC2CCS(=O)(=O)C2)c(CO)c1. The number of aryl methyl sites for hydroxylation is 2. The molecule has 2 aliphatic heterocycles. The lowest BCUT2D eigenvalue weighted by Crippen LogP contribution is -2.43. The van der Waals surface area contributed by atoms with E-state index in [2.05, 4.69) is 13.0 Å². The van der Waals surface area contributed by atoms with Crippen molar-refractivity contribution in [2.45, 2.75) is 63.5 Å². The summed E-state index contributed by atoms with van der Waals surface area (Å²) < 4.78 is 58.4. The van der Waals surface area contributed by atoms with Crippen molar-refractivity contribution >= 4 is 25.5 Å². The second-order valence-corrected chi connectivity index (χ2v) is 13.3. The minimum Gasteiger partial charge on any atom is -0.493 e. The lowest BCUT2D eigenvalue weighted by molar-refractivity contribution is 0.241. The number of fused-ring (bicyclic) bond motifs is 1. The number of aliphatic hydroxyl groups is 1. The molecule has 2 aromatic rings. The maximum Gasteiger partial charge on any atom is 0.264 e. The zero-order valence-corrected chi connectivity index (χ0v) is 21.4. The van der Waals surface area contributed by atoms with Gasteiger partial charge in [-0.05, 0) is 67.5 Å². The van der Waals surface area contributed by atoms with Crippen molar-refractivity contribution < 1.29 is 26.7 Å². The van der Waals surface area contributed by atoms with Gasteiger partial charge in [-0.25, -0.2) is 16.8 Å². The fourth-order valence-electron chi connectivity index (χ4n) is 4.91. The third kappa shape index (κ3) is 4.97. The van der Waals surface area contributed by atoms with E-state index < -0.39 is 19.9 Å². The molecule has 2 aliphatic rings. The molecule has 186 valence electrons. The zero-order valence-electron chi connectivity index (χ0n) is 19.7. The van der Waals surface area contributed by atoms with Gasteiger partial charge in [-0.15, -0.1) is 0 Å². The molecule has 7 nitrogen and oxygen atoms in total. The maximum absolute atomic E-state index is 13.8. The number of nitrogens with zero attached hydrogens (tertiary/aromatic N) is 1. The minimum atomic E-state index is -3.86. The van der Waals surface area contributed by atoms with Crippen LogP contribution in [0.5, 0.6) is 5.75 Å². The molecule has 34 heavy (non-hydrogen) atoms. The van der Waals surface area contributed by atoms with E-state index >= 15 is 0 Å². The molecule has 4 rings (SSSR count). The summed E-state index contributed by atoms with van der Waals surface area (Å²) in [7, 11) is -6.87. The smallest absolute Gasteiger partial charge is 0.264 e. The van der Waals surface area contributed by atoms with E-state index in [1.807, 2.05) is 19.1 Å². The van der Waals surface area contributed by atoms with Crippen LogP contribution in [0.15, 0.2) is 41.3 Å². The molecule has 2 aromatic carbocycles. The number of hydrogen-bond acceptors (Lipinski definition) is 6. The molecule has 0 amide bonds. The van der Waals surface area contributed by atoms with Gasteiger partial charge in [-0.3, -0.25) is 4.31 Å². The van der Waals surface area contributed by atoms with Crippen LogP contribution in [0.4, 0.5) is 5.69 Å². The predicted molar refractivity (Wildman–Crippen MR) is 133 cm³/mol. The first-order valence-corrected chi connectivity index (χ1v) is 15.2. The number of sulfone groups is 1. The number of rotatable bonds is 8. The van der Waals surface area contributed by atoms with Gasteiger partial charge in [0.05, 0.1) is 35.3 Å². The maximum atomic E-state index is 13.8. The Balaban J connectivity index is 1.63. The van der Waals surface area contributed by atoms with Gasteiger partial charge in [0.25, 0.3) is 10.0 Å². The molecular weight excluding hydrogens is 474 g/mol. The summed E-state index contributed by atoms with van der Waals surface area (Å²) in [6.45, 7) is 3.92. The number of hydrogen-bond donors (Lipinski definition) is 1. The van der Waals surface area contributed by atoms with Crippen LogP contribution in [0.3, 0.4) is 0 Å². The van der Waals surface area contributed by atoms with Crippen LogP contribution in [0.1, 0.15) is 49.8 Å². The molecule has 1 unspecified atom stereocenters. The molecule has 1 saturated heterocycles. The van der Waals surface area contributed by atoms with Crippen LogP contribution in [-0.4, -0.2) is 46.1 Å². The predicted octanol–water partition coefficient (Wildman–Crippen LogP) is 3.47. The van der Waals surface area contributed by atoms with E-state index in [1.165, 1.54) is 17.7 Å². The number of benzene rings is 2. The Hall–Kier alpha value is -2.10. The van der Waals surface area contributed by atoms with E-state index in [4.69, 9.17) is 4.74 Å². The third-order valence-corrected chi connectivity index (χ3v) is 10.6. The lowest BCUT2D eigenvalue weighted by Gasteiger charge is -2.37. The van der Waals surface area contributed by atoms with Gasteiger partial charge in [0, 0.05) is 17.5 Å². The number of ether oxygens (including phenoxy) is 1. The topological polar surface area (TPSA) is 101 Å². The fraction of sp³-hybridized carbons (Fsp3) is 0.520. The molecule has 9 heteroatoms. The van der Waals surface area contributed by atoms with E-state index in [0.29, 0.717) is 24.2 Å². The van der Waals surface area contributed by atoms with Crippen molar-refractivity contribution in [2.24, 2.45) is 5.92 Å². The Labute approximate surface area is 202 Å². The first-order valence-electron chi connectivity index (χ1n) is 11.9.